The molecule has 35 heavy (non-hydrogen) atoms. The molecule has 0 spiro atoms. The lowest BCUT2D eigenvalue weighted by molar-refractivity contribution is -0.143. The summed E-state index contributed by atoms with van der Waals surface area (Å²) in [5.41, 5.74) is 3.33. The molecular weight excluding hydrogens is 457 g/mol. The second kappa shape index (κ2) is 10.3. The number of nitrogens with one attached hydrogen (secondary N) is 1. The predicted octanol–water partition coefficient (Wildman–Crippen LogP) is 4.09. The van der Waals surface area contributed by atoms with E-state index in [0.717, 1.165) is 48.6 Å². The number of imidazole rings is 1. The van der Waals surface area contributed by atoms with Crippen molar-refractivity contribution in [2.24, 2.45) is 0 Å². The van der Waals surface area contributed by atoms with Crippen molar-refractivity contribution in [2.75, 3.05) is 37.4 Å². The molecule has 1 atom stereocenters. The van der Waals surface area contributed by atoms with Gasteiger partial charge in [0, 0.05) is 31.7 Å². The van der Waals surface area contributed by atoms with E-state index < -0.39 is 12.2 Å². The van der Waals surface area contributed by atoms with Gasteiger partial charge in [0.05, 0.1) is 18.1 Å². The van der Waals surface area contributed by atoms with Crippen LogP contribution in [0.3, 0.4) is 0 Å². The topological polar surface area (TPSA) is 74.5 Å². The van der Waals surface area contributed by atoms with Crippen molar-refractivity contribution in [3.63, 3.8) is 0 Å². The Labute approximate surface area is 203 Å². The van der Waals surface area contributed by atoms with E-state index >= 15 is 0 Å². The minimum absolute atomic E-state index is 0.0498. The summed E-state index contributed by atoms with van der Waals surface area (Å²) in [6.45, 7) is 5.74. The number of nitrogens with zero attached hydrogens (tertiary/aromatic N) is 7. The molecule has 1 saturated heterocycles. The van der Waals surface area contributed by atoms with E-state index in [1.807, 2.05) is 6.20 Å². The van der Waals surface area contributed by atoms with E-state index in [-0.39, 0.29) is 12.4 Å². The largest absolute Gasteiger partial charge is 0.408 e. The van der Waals surface area contributed by atoms with Crippen molar-refractivity contribution in [1.82, 2.24) is 29.5 Å². The highest BCUT2D eigenvalue weighted by molar-refractivity contribution is 5.48. The summed E-state index contributed by atoms with van der Waals surface area (Å²) >= 11 is 0. The van der Waals surface area contributed by atoms with Crippen molar-refractivity contribution in [2.45, 2.75) is 64.2 Å². The molecule has 1 fully saturated rings. The van der Waals surface area contributed by atoms with Crippen LogP contribution in [0.15, 0.2) is 24.7 Å². The van der Waals surface area contributed by atoms with Crippen LogP contribution in [0.25, 0.3) is 5.65 Å². The Balaban J connectivity index is 1.49. The lowest BCUT2D eigenvalue weighted by atomic mass is 10.0. The Morgan fingerprint density at radius 1 is 1.11 bits per heavy atom. The first-order valence-corrected chi connectivity index (χ1v) is 12.1. The monoisotopic (exact) mass is 490 g/mol. The first kappa shape index (κ1) is 25.2. The lowest BCUT2D eigenvalue weighted by Gasteiger charge is -2.36. The molecule has 0 radical (unpaired) electrons. The highest BCUT2D eigenvalue weighted by Gasteiger charge is 2.39. The Kier molecular flexibility index (Phi) is 7.44. The Morgan fingerprint density at radius 2 is 1.86 bits per heavy atom. The van der Waals surface area contributed by atoms with Crippen molar-refractivity contribution in [3.05, 3.63) is 41.5 Å². The number of piperidine rings is 1. The van der Waals surface area contributed by atoms with Crippen LogP contribution in [0.5, 0.6) is 0 Å². The zero-order valence-electron chi connectivity index (χ0n) is 20.7. The van der Waals surface area contributed by atoms with Crippen LogP contribution in [0.2, 0.25) is 0 Å². The summed E-state index contributed by atoms with van der Waals surface area (Å²) in [7, 11) is 4.26. The van der Waals surface area contributed by atoms with Gasteiger partial charge >= 0.3 is 6.18 Å². The van der Waals surface area contributed by atoms with Gasteiger partial charge in [-0.3, -0.25) is 0 Å². The average molecular weight is 491 g/mol. The average Bonchev–Trinajstić information content (AvgIpc) is 3.20. The van der Waals surface area contributed by atoms with Gasteiger partial charge in [0.25, 0.3) is 0 Å². The van der Waals surface area contributed by atoms with Gasteiger partial charge in [0.1, 0.15) is 11.9 Å². The molecule has 8 nitrogen and oxygen atoms in total. The summed E-state index contributed by atoms with van der Waals surface area (Å²) < 4.78 is 41.5. The van der Waals surface area contributed by atoms with E-state index in [4.69, 9.17) is 4.98 Å². The smallest absolute Gasteiger partial charge is 0.356 e. The van der Waals surface area contributed by atoms with Crippen LogP contribution >= 0.6 is 0 Å². The maximum atomic E-state index is 13.3. The maximum Gasteiger partial charge on any atom is 0.408 e. The van der Waals surface area contributed by atoms with Crippen molar-refractivity contribution < 1.29 is 13.2 Å². The summed E-state index contributed by atoms with van der Waals surface area (Å²) in [6.07, 6.45) is 3.67. The molecule has 0 unspecified atom stereocenters. The fraction of sp³-hybridized carbons (Fsp3) is 0.583. The predicted molar refractivity (Wildman–Crippen MR) is 130 cm³/mol. The third-order valence-electron chi connectivity index (χ3n) is 6.59. The number of pyridine rings is 1. The molecular formula is C24H33F3N8. The number of aromatic nitrogens is 5. The van der Waals surface area contributed by atoms with Crippen LogP contribution in [0.4, 0.5) is 24.9 Å². The molecule has 0 aromatic carbocycles. The molecule has 0 amide bonds. The minimum Gasteiger partial charge on any atom is -0.356 e. The third-order valence-corrected chi connectivity index (χ3v) is 6.59. The maximum absolute atomic E-state index is 13.3. The van der Waals surface area contributed by atoms with E-state index in [9.17, 15) is 13.2 Å². The van der Waals surface area contributed by atoms with Crippen molar-refractivity contribution in [3.8, 4) is 0 Å². The number of hydrogen-bond acceptors (Lipinski definition) is 7. The summed E-state index contributed by atoms with van der Waals surface area (Å²) in [5, 5.41) is 6.74. The van der Waals surface area contributed by atoms with Crippen LogP contribution in [-0.4, -0.2) is 74.9 Å². The fourth-order valence-corrected chi connectivity index (χ4v) is 4.65. The molecule has 3 aromatic heterocycles. The van der Waals surface area contributed by atoms with Crippen LogP contribution in [0, 0.1) is 6.92 Å². The normalized spacial score (nSPS) is 16.3. The number of aryl methyl sites for hydroxylation is 1. The van der Waals surface area contributed by atoms with Gasteiger partial charge < -0.3 is 15.1 Å². The standard InChI is InChI=1S/C24H33F3N8/c1-5-6-20(24(25,26)27)31-23-30-15-21-28-14-19(35(21)32-23)12-17-11-16(2)22(29-13-17)34-9-7-18(8-10-34)33(3)4/h11,13-15,18,20H,5-10,12H2,1-4H3,(H,31,32)/t20-/m1/s1. The molecule has 1 aliphatic heterocycles. The zero-order chi connectivity index (χ0) is 25.2. The van der Waals surface area contributed by atoms with E-state index in [1.54, 1.807) is 17.6 Å². The summed E-state index contributed by atoms with van der Waals surface area (Å²) in [4.78, 5) is 17.7. The highest BCUT2D eigenvalue weighted by Crippen LogP contribution is 2.27. The number of fused-ring (bicyclic) bond motifs is 1. The van der Waals surface area contributed by atoms with Gasteiger partial charge in [-0.25, -0.2) is 19.5 Å². The molecule has 1 aliphatic rings. The SMILES string of the molecule is CCC[C@@H](Nc1ncc2ncc(Cc3cnc(N4CCC(N(C)C)CC4)c(C)c3)n2n1)C(F)(F)F. The van der Waals surface area contributed by atoms with Gasteiger partial charge in [0.2, 0.25) is 5.95 Å². The molecule has 11 heteroatoms. The van der Waals surface area contributed by atoms with Crippen LogP contribution in [-0.2, 0) is 6.42 Å². The van der Waals surface area contributed by atoms with Crippen LogP contribution in [0.1, 0.15) is 49.4 Å². The highest BCUT2D eigenvalue weighted by atomic mass is 19.4. The van der Waals surface area contributed by atoms with Gasteiger partial charge in [-0.15, -0.1) is 5.10 Å². The number of halogens is 3. The molecule has 0 aliphatic carbocycles. The first-order chi connectivity index (χ1) is 16.7. The van der Waals surface area contributed by atoms with Gasteiger partial charge in [-0.2, -0.15) is 13.2 Å². The number of anilines is 2. The molecule has 0 saturated carbocycles. The Morgan fingerprint density at radius 3 is 2.49 bits per heavy atom. The van der Waals surface area contributed by atoms with E-state index in [1.165, 1.54) is 6.20 Å². The van der Waals surface area contributed by atoms with E-state index in [2.05, 4.69) is 57.3 Å². The second-order valence-electron chi connectivity index (χ2n) is 9.47. The van der Waals surface area contributed by atoms with E-state index in [0.29, 0.717) is 24.5 Å². The van der Waals surface area contributed by atoms with Gasteiger partial charge in [-0.1, -0.05) is 19.4 Å². The molecule has 4 rings (SSSR count). The van der Waals surface area contributed by atoms with Gasteiger partial charge in [0.15, 0.2) is 5.65 Å². The first-order valence-electron chi connectivity index (χ1n) is 12.1. The lowest BCUT2D eigenvalue weighted by Crippen LogP contribution is -2.42. The fourth-order valence-electron chi connectivity index (χ4n) is 4.65. The molecule has 4 heterocycles. The van der Waals surface area contributed by atoms with Gasteiger partial charge in [-0.05, 0) is 51.4 Å². The number of hydrogen-bond donors (Lipinski definition) is 1. The van der Waals surface area contributed by atoms with Crippen molar-refractivity contribution >= 4 is 17.4 Å². The minimum atomic E-state index is -4.38. The molecule has 0 bridgehead atoms. The van der Waals surface area contributed by atoms with Crippen molar-refractivity contribution in [1.29, 1.82) is 0 Å². The third kappa shape index (κ3) is 5.83. The molecule has 1 N–H and O–H groups in total. The zero-order valence-corrected chi connectivity index (χ0v) is 20.7. The summed E-state index contributed by atoms with van der Waals surface area (Å²) in [6, 6.07) is 1.02. The van der Waals surface area contributed by atoms with Crippen LogP contribution < -0.4 is 10.2 Å². The number of rotatable bonds is 8. The quantitative estimate of drug-likeness (QED) is 0.510. The number of alkyl halides is 3. The summed E-state index contributed by atoms with van der Waals surface area (Å²) in [5.74, 6) is 0.935. The molecule has 3 aromatic rings. The second-order valence-corrected chi connectivity index (χ2v) is 9.47. The molecule has 190 valence electrons. The Hall–Kier alpha value is -2.95. The Bertz CT molecular complexity index is 1140.